The fraction of sp³-hybridized carbons (Fsp3) is 0.769. The van der Waals surface area contributed by atoms with Crippen molar-refractivity contribution in [2.24, 2.45) is 0 Å². The van der Waals surface area contributed by atoms with E-state index in [1.54, 1.807) is 11.3 Å². The van der Waals surface area contributed by atoms with Crippen molar-refractivity contribution < 1.29 is 0 Å². The maximum atomic E-state index is 4.33. The minimum Gasteiger partial charge on any atom is -0.305 e. The lowest BCUT2D eigenvalue weighted by molar-refractivity contribution is 0.314. The van der Waals surface area contributed by atoms with Crippen LogP contribution in [0.1, 0.15) is 42.8 Å². The molecule has 0 radical (unpaired) electrons. The summed E-state index contributed by atoms with van der Waals surface area (Å²) in [6.07, 6.45) is 4.16. The van der Waals surface area contributed by atoms with E-state index >= 15 is 0 Å². The van der Waals surface area contributed by atoms with Gasteiger partial charge in [-0.15, -0.1) is 11.3 Å². The van der Waals surface area contributed by atoms with Gasteiger partial charge in [-0.2, -0.15) is 0 Å². The van der Waals surface area contributed by atoms with Crippen molar-refractivity contribution in [1.82, 2.24) is 15.2 Å². The van der Waals surface area contributed by atoms with E-state index < -0.39 is 0 Å². The summed E-state index contributed by atoms with van der Waals surface area (Å²) in [4.78, 5) is 8.39. The second-order valence-corrected chi connectivity index (χ2v) is 6.29. The van der Waals surface area contributed by atoms with Crippen LogP contribution in [0.15, 0.2) is 5.51 Å². The minimum atomic E-state index is 0.451. The summed E-state index contributed by atoms with van der Waals surface area (Å²) >= 11 is 1.77. The Kier molecular flexibility index (Phi) is 3.19. The van der Waals surface area contributed by atoms with Gasteiger partial charge in [0.1, 0.15) is 0 Å². The molecule has 1 saturated heterocycles. The molecular formula is C13H21N3S. The summed E-state index contributed by atoms with van der Waals surface area (Å²) in [5.41, 5.74) is 3.14. The Balaban J connectivity index is 1.55. The number of aryl methyl sites for hydroxylation is 1. The van der Waals surface area contributed by atoms with E-state index in [9.17, 15) is 0 Å². The smallest absolute Gasteiger partial charge is 0.0798 e. The first kappa shape index (κ1) is 11.6. The van der Waals surface area contributed by atoms with Gasteiger partial charge in [-0.3, -0.25) is 4.90 Å². The predicted octanol–water partition coefficient (Wildman–Crippen LogP) is 2.34. The van der Waals surface area contributed by atoms with E-state index in [0.29, 0.717) is 12.1 Å². The molecule has 2 aliphatic rings. The second kappa shape index (κ2) is 4.67. The second-order valence-electron chi connectivity index (χ2n) is 5.40. The monoisotopic (exact) mass is 251 g/mol. The molecule has 1 saturated carbocycles. The zero-order valence-electron chi connectivity index (χ0n) is 10.6. The van der Waals surface area contributed by atoms with Crippen molar-refractivity contribution in [2.45, 2.75) is 51.2 Å². The van der Waals surface area contributed by atoms with E-state index in [1.807, 2.05) is 5.51 Å². The molecule has 1 N–H and O–H groups in total. The van der Waals surface area contributed by atoms with Crippen molar-refractivity contribution in [3.8, 4) is 0 Å². The average Bonchev–Trinajstić information content (AvgIpc) is 2.90. The van der Waals surface area contributed by atoms with Crippen molar-refractivity contribution >= 4 is 11.3 Å². The van der Waals surface area contributed by atoms with Crippen LogP contribution in [0.5, 0.6) is 0 Å². The van der Waals surface area contributed by atoms with Gasteiger partial charge >= 0.3 is 0 Å². The van der Waals surface area contributed by atoms with Crippen LogP contribution in [0, 0.1) is 6.92 Å². The van der Waals surface area contributed by atoms with Gasteiger partial charge in [0.25, 0.3) is 0 Å². The van der Waals surface area contributed by atoms with Crippen molar-refractivity contribution in [2.75, 3.05) is 13.1 Å². The van der Waals surface area contributed by atoms with E-state index in [4.69, 9.17) is 0 Å². The Morgan fingerprint density at radius 2 is 2.29 bits per heavy atom. The van der Waals surface area contributed by atoms with Crippen molar-refractivity contribution in [3.63, 3.8) is 0 Å². The number of rotatable bonds is 4. The third-order valence-electron chi connectivity index (χ3n) is 3.94. The largest absolute Gasteiger partial charge is 0.305 e. The summed E-state index contributed by atoms with van der Waals surface area (Å²) < 4.78 is 0. The van der Waals surface area contributed by atoms with Gasteiger partial charge in [-0.1, -0.05) is 0 Å². The van der Waals surface area contributed by atoms with Gasteiger partial charge in [-0.05, 0) is 33.1 Å². The molecule has 0 aromatic carbocycles. The minimum absolute atomic E-state index is 0.451. The number of nitrogens with one attached hydrogen (secondary N) is 1. The Morgan fingerprint density at radius 1 is 1.47 bits per heavy atom. The molecule has 0 spiro atoms. The number of nitrogens with zero attached hydrogens (tertiary/aromatic N) is 2. The maximum Gasteiger partial charge on any atom is 0.0798 e. The lowest BCUT2D eigenvalue weighted by Crippen LogP contribution is -2.34. The summed E-state index contributed by atoms with van der Waals surface area (Å²) in [6.45, 7) is 6.90. The molecule has 0 bridgehead atoms. The van der Waals surface area contributed by atoms with Crippen LogP contribution in [-0.2, 0) is 0 Å². The zero-order chi connectivity index (χ0) is 11.8. The summed E-state index contributed by atoms with van der Waals surface area (Å²) in [6, 6.07) is 2.04. The van der Waals surface area contributed by atoms with E-state index in [2.05, 4.69) is 29.0 Å². The highest BCUT2D eigenvalue weighted by Crippen LogP contribution is 2.30. The number of thiazole rings is 1. The molecule has 3 rings (SSSR count). The molecule has 1 aliphatic heterocycles. The average molecular weight is 251 g/mol. The number of likely N-dealkylation sites (tertiary alicyclic amines) is 1. The van der Waals surface area contributed by atoms with Crippen molar-refractivity contribution in [3.05, 3.63) is 16.1 Å². The van der Waals surface area contributed by atoms with Gasteiger partial charge in [0.05, 0.1) is 11.2 Å². The van der Waals surface area contributed by atoms with E-state index in [1.165, 1.54) is 42.9 Å². The highest BCUT2D eigenvalue weighted by Gasteiger charge is 2.34. The SMILES string of the molecule is Cc1ncsc1C(C)NC1CCN(C2CC2)C1. The van der Waals surface area contributed by atoms with Crippen LogP contribution in [0.3, 0.4) is 0 Å². The summed E-state index contributed by atoms with van der Waals surface area (Å²) in [7, 11) is 0. The predicted molar refractivity (Wildman–Crippen MR) is 71.4 cm³/mol. The standard InChI is InChI=1S/C13H21N3S/c1-9-13(17-8-14-9)10(2)15-11-5-6-16(7-11)12-3-4-12/h8,10-12,15H,3-7H2,1-2H3. The van der Waals surface area contributed by atoms with Crippen LogP contribution >= 0.6 is 11.3 Å². The van der Waals surface area contributed by atoms with Crippen LogP contribution in [0.2, 0.25) is 0 Å². The number of aromatic nitrogens is 1. The molecule has 1 aromatic rings. The lowest BCUT2D eigenvalue weighted by atomic mass is 10.2. The van der Waals surface area contributed by atoms with Crippen LogP contribution < -0.4 is 5.32 Å². The van der Waals surface area contributed by atoms with E-state index in [-0.39, 0.29) is 0 Å². The third kappa shape index (κ3) is 2.54. The Bertz CT molecular complexity index is 386. The molecule has 17 heavy (non-hydrogen) atoms. The fourth-order valence-electron chi connectivity index (χ4n) is 2.85. The van der Waals surface area contributed by atoms with Crippen LogP contribution in [0.25, 0.3) is 0 Å². The Hall–Kier alpha value is -0.450. The highest BCUT2D eigenvalue weighted by atomic mass is 32.1. The molecule has 2 unspecified atom stereocenters. The van der Waals surface area contributed by atoms with Crippen LogP contribution in [0.4, 0.5) is 0 Å². The Labute approximate surface area is 107 Å². The molecular weight excluding hydrogens is 230 g/mol. The summed E-state index contributed by atoms with van der Waals surface area (Å²) in [5.74, 6) is 0. The van der Waals surface area contributed by atoms with Gasteiger partial charge < -0.3 is 5.32 Å². The Morgan fingerprint density at radius 3 is 2.94 bits per heavy atom. The first-order chi connectivity index (χ1) is 8.24. The normalized spacial score (nSPS) is 27.5. The van der Waals surface area contributed by atoms with Gasteiger partial charge in [0.2, 0.25) is 0 Å². The third-order valence-corrected chi connectivity index (χ3v) is 5.06. The van der Waals surface area contributed by atoms with Gasteiger partial charge in [0.15, 0.2) is 0 Å². The lowest BCUT2D eigenvalue weighted by Gasteiger charge is -2.20. The van der Waals surface area contributed by atoms with Gasteiger partial charge in [0, 0.05) is 36.1 Å². The number of hydrogen-bond donors (Lipinski definition) is 1. The fourth-order valence-corrected chi connectivity index (χ4v) is 3.67. The first-order valence-electron chi connectivity index (χ1n) is 6.64. The molecule has 0 amide bonds. The maximum absolute atomic E-state index is 4.33. The molecule has 2 atom stereocenters. The van der Waals surface area contributed by atoms with Crippen LogP contribution in [-0.4, -0.2) is 35.1 Å². The number of hydrogen-bond acceptors (Lipinski definition) is 4. The molecule has 94 valence electrons. The molecule has 1 aliphatic carbocycles. The molecule has 3 nitrogen and oxygen atoms in total. The zero-order valence-corrected chi connectivity index (χ0v) is 11.5. The molecule has 2 fully saturated rings. The van der Waals surface area contributed by atoms with Crippen molar-refractivity contribution in [1.29, 1.82) is 0 Å². The molecule has 1 aromatic heterocycles. The highest BCUT2D eigenvalue weighted by molar-refractivity contribution is 7.09. The quantitative estimate of drug-likeness (QED) is 0.890. The first-order valence-corrected chi connectivity index (χ1v) is 7.52. The topological polar surface area (TPSA) is 28.2 Å². The molecule has 4 heteroatoms. The van der Waals surface area contributed by atoms with Gasteiger partial charge in [-0.25, -0.2) is 4.98 Å². The summed E-state index contributed by atoms with van der Waals surface area (Å²) in [5, 5.41) is 3.76. The van der Waals surface area contributed by atoms with E-state index in [0.717, 1.165) is 6.04 Å². The molecule has 2 heterocycles.